The van der Waals surface area contributed by atoms with Crippen molar-refractivity contribution in [3.05, 3.63) is 71.8 Å². The second-order valence-electron chi connectivity index (χ2n) is 4.71. The fourth-order valence-electron chi connectivity index (χ4n) is 2.46. The largest absolute Gasteiger partial charge is 0.456 e. The van der Waals surface area contributed by atoms with E-state index in [2.05, 4.69) is 54.6 Å². The van der Waals surface area contributed by atoms with Crippen molar-refractivity contribution in [3.8, 4) is 11.5 Å². The number of benzene rings is 3. The lowest BCUT2D eigenvalue weighted by atomic mass is 10.1. The van der Waals surface area contributed by atoms with E-state index in [1.165, 1.54) is 10.8 Å². The molecule has 0 spiro atoms. The zero-order valence-corrected chi connectivity index (χ0v) is 10.3. The van der Waals surface area contributed by atoms with Crippen LogP contribution in [0.5, 0.6) is 11.5 Å². The summed E-state index contributed by atoms with van der Waals surface area (Å²) in [6, 6.07) is 20.7. The second-order valence-corrected chi connectivity index (χ2v) is 4.71. The average Bonchev–Trinajstić information content (AvgIpc) is 2.63. The van der Waals surface area contributed by atoms with E-state index in [1.54, 1.807) is 0 Å². The Hall–Kier alpha value is -2.54. The number of ether oxygens (including phenoxy) is 1. The highest BCUT2D eigenvalue weighted by Crippen LogP contribution is 2.36. The summed E-state index contributed by atoms with van der Waals surface area (Å²) in [7, 11) is 0. The molecule has 0 aliphatic carbocycles. The summed E-state index contributed by atoms with van der Waals surface area (Å²) in [5.74, 6) is 1.83. The van der Waals surface area contributed by atoms with Crippen LogP contribution in [0.3, 0.4) is 0 Å². The van der Waals surface area contributed by atoms with Gasteiger partial charge in [-0.25, -0.2) is 0 Å². The normalized spacial score (nSPS) is 12.4. The third kappa shape index (κ3) is 1.71. The summed E-state index contributed by atoms with van der Waals surface area (Å²) in [6.45, 7) is 0. The first-order chi connectivity index (χ1) is 9.40. The summed E-state index contributed by atoms with van der Waals surface area (Å²) in [4.78, 5) is 0. The standard InChI is InChI=1S/C18H12O/c1-2-7-15-12-18-16(11-14(15)6-1)10-9-13-5-3-4-8-17(13)19-18/h1-12H. The van der Waals surface area contributed by atoms with E-state index in [4.69, 9.17) is 4.74 Å². The van der Waals surface area contributed by atoms with Crippen LogP contribution in [-0.2, 0) is 0 Å². The molecule has 1 aliphatic rings. The Balaban J connectivity index is 1.96. The van der Waals surface area contributed by atoms with Crippen molar-refractivity contribution < 1.29 is 4.74 Å². The average molecular weight is 244 g/mol. The van der Waals surface area contributed by atoms with Crippen molar-refractivity contribution in [2.24, 2.45) is 0 Å². The molecule has 3 aromatic carbocycles. The van der Waals surface area contributed by atoms with Crippen LogP contribution < -0.4 is 4.74 Å². The van der Waals surface area contributed by atoms with E-state index >= 15 is 0 Å². The molecule has 1 heteroatoms. The van der Waals surface area contributed by atoms with Gasteiger partial charge in [0.15, 0.2) is 0 Å². The minimum Gasteiger partial charge on any atom is -0.456 e. The lowest BCUT2D eigenvalue weighted by Crippen LogP contribution is -1.87. The third-order valence-corrected chi connectivity index (χ3v) is 3.46. The molecule has 1 aliphatic heterocycles. The van der Waals surface area contributed by atoms with Crippen LogP contribution >= 0.6 is 0 Å². The van der Waals surface area contributed by atoms with Gasteiger partial charge >= 0.3 is 0 Å². The maximum atomic E-state index is 6.05. The molecule has 0 saturated carbocycles. The Bertz CT molecular complexity index is 800. The van der Waals surface area contributed by atoms with E-state index in [-0.39, 0.29) is 0 Å². The Kier molecular flexibility index (Phi) is 2.18. The van der Waals surface area contributed by atoms with Crippen LogP contribution in [-0.4, -0.2) is 0 Å². The van der Waals surface area contributed by atoms with Gasteiger partial charge in [-0.3, -0.25) is 0 Å². The number of fused-ring (bicyclic) bond motifs is 3. The number of rotatable bonds is 0. The van der Waals surface area contributed by atoms with E-state index in [0.717, 1.165) is 22.6 Å². The Morgan fingerprint density at radius 3 is 2.16 bits per heavy atom. The molecule has 0 radical (unpaired) electrons. The monoisotopic (exact) mass is 244 g/mol. The van der Waals surface area contributed by atoms with Crippen molar-refractivity contribution in [1.29, 1.82) is 0 Å². The fraction of sp³-hybridized carbons (Fsp3) is 0. The molecule has 90 valence electrons. The van der Waals surface area contributed by atoms with Gasteiger partial charge in [0.1, 0.15) is 11.5 Å². The van der Waals surface area contributed by atoms with Crippen LogP contribution in [0.15, 0.2) is 60.7 Å². The zero-order valence-electron chi connectivity index (χ0n) is 10.3. The van der Waals surface area contributed by atoms with Gasteiger partial charge in [-0.15, -0.1) is 0 Å². The highest BCUT2D eigenvalue weighted by molar-refractivity contribution is 5.89. The van der Waals surface area contributed by atoms with Gasteiger partial charge in [0.2, 0.25) is 0 Å². The topological polar surface area (TPSA) is 9.23 Å². The molecule has 0 atom stereocenters. The molecular weight excluding hydrogens is 232 g/mol. The molecule has 4 rings (SSSR count). The van der Waals surface area contributed by atoms with E-state index in [0.29, 0.717) is 0 Å². The summed E-state index contributed by atoms with van der Waals surface area (Å²) in [5, 5.41) is 2.44. The second kappa shape index (κ2) is 3.99. The first kappa shape index (κ1) is 10.4. The maximum Gasteiger partial charge on any atom is 0.135 e. The Labute approximate surface area is 111 Å². The van der Waals surface area contributed by atoms with Crippen molar-refractivity contribution >= 4 is 22.9 Å². The van der Waals surface area contributed by atoms with Crippen molar-refractivity contribution in [3.63, 3.8) is 0 Å². The first-order valence-corrected chi connectivity index (χ1v) is 6.38. The Morgan fingerprint density at radius 2 is 1.26 bits per heavy atom. The van der Waals surface area contributed by atoms with Crippen molar-refractivity contribution in [2.75, 3.05) is 0 Å². The van der Waals surface area contributed by atoms with Gasteiger partial charge in [-0.1, -0.05) is 54.6 Å². The highest BCUT2D eigenvalue weighted by Gasteiger charge is 2.10. The molecule has 0 N–H and O–H groups in total. The van der Waals surface area contributed by atoms with Gasteiger partial charge in [0.25, 0.3) is 0 Å². The third-order valence-electron chi connectivity index (χ3n) is 3.46. The van der Waals surface area contributed by atoms with Gasteiger partial charge in [0, 0.05) is 11.1 Å². The smallest absolute Gasteiger partial charge is 0.135 e. The summed E-state index contributed by atoms with van der Waals surface area (Å²) < 4.78 is 6.05. The minimum absolute atomic E-state index is 0.910. The van der Waals surface area contributed by atoms with Gasteiger partial charge in [0.05, 0.1) is 0 Å². The molecule has 0 bridgehead atoms. The van der Waals surface area contributed by atoms with Crippen LogP contribution in [0.1, 0.15) is 11.1 Å². The number of para-hydroxylation sites is 1. The first-order valence-electron chi connectivity index (χ1n) is 6.38. The van der Waals surface area contributed by atoms with Crippen LogP contribution in [0, 0.1) is 0 Å². The summed E-state index contributed by atoms with van der Waals surface area (Å²) in [5.41, 5.74) is 2.23. The van der Waals surface area contributed by atoms with Gasteiger partial charge in [-0.05, 0) is 29.0 Å². The predicted octanol–water partition coefficient (Wildman–Crippen LogP) is 5.12. The molecule has 1 nitrogen and oxygen atoms in total. The molecule has 3 aromatic rings. The van der Waals surface area contributed by atoms with Crippen LogP contribution in [0.25, 0.3) is 22.9 Å². The van der Waals surface area contributed by atoms with E-state index < -0.39 is 0 Å². The lowest BCUT2D eigenvalue weighted by Gasteiger charge is -2.09. The highest BCUT2D eigenvalue weighted by atomic mass is 16.5. The molecule has 0 aromatic heterocycles. The molecule has 1 heterocycles. The van der Waals surface area contributed by atoms with Crippen LogP contribution in [0.2, 0.25) is 0 Å². The quantitative estimate of drug-likeness (QED) is 0.417. The maximum absolute atomic E-state index is 6.05. The summed E-state index contributed by atoms with van der Waals surface area (Å²) in [6.07, 6.45) is 4.23. The molecule has 0 amide bonds. The predicted molar refractivity (Wildman–Crippen MR) is 79.4 cm³/mol. The molecular formula is C18H12O. The van der Waals surface area contributed by atoms with Crippen molar-refractivity contribution in [2.45, 2.75) is 0 Å². The fourth-order valence-corrected chi connectivity index (χ4v) is 2.46. The van der Waals surface area contributed by atoms with Crippen molar-refractivity contribution in [1.82, 2.24) is 0 Å². The molecule has 19 heavy (non-hydrogen) atoms. The van der Waals surface area contributed by atoms with Gasteiger partial charge in [-0.2, -0.15) is 0 Å². The molecule has 0 unspecified atom stereocenters. The molecule has 0 saturated heterocycles. The Morgan fingerprint density at radius 1 is 0.579 bits per heavy atom. The zero-order chi connectivity index (χ0) is 12.7. The minimum atomic E-state index is 0.910. The van der Waals surface area contributed by atoms with E-state index in [1.807, 2.05) is 18.2 Å². The number of hydrogen-bond acceptors (Lipinski definition) is 1. The SMILES string of the molecule is C1=Cc2cc3ccccc3cc2Oc2ccccc21. The lowest BCUT2D eigenvalue weighted by molar-refractivity contribution is 0.482. The molecule has 0 fully saturated rings. The number of hydrogen-bond donors (Lipinski definition) is 0. The van der Waals surface area contributed by atoms with Gasteiger partial charge < -0.3 is 4.74 Å². The summed E-state index contributed by atoms with van der Waals surface area (Å²) >= 11 is 0. The van der Waals surface area contributed by atoms with Crippen LogP contribution in [0.4, 0.5) is 0 Å². The van der Waals surface area contributed by atoms with E-state index in [9.17, 15) is 0 Å².